The van der Waals surface area contributed by atoms with E-state index < -0.39 is 10.0 Å². The van der Waals surface area contributed by atoms with Crippen molar-refractivity contribution in [3.05, 3.63) is 35.9 Å². The predicted molar refractivity (Wildman–Crippen MR) is 109 cm³/mol. The van der Waals surface area contributed by atoms with E-state index in [1.807, 2.05) is 42.3 Å². The molecular weight excluding hydrogens is 386 g/mol. The first-order valence-electron chi connectivity index (χ1n) is 9.44. The SMILES string of the molecule is CNCC1CCN(C(=O)C2CCCN(S(=O)(=O)Cc3ccccc3)C2)C1.Cl. The van der Waals surface area contributed by atoms with Crippen molar-refractivity contribution in [2.45, 2.75) is 25.0 Å². The number of benzene rings is 1. The van der Waals surface area contributed by atoms with Crippen LogP contribution < -0.4 is 5.32 Å². The number of nitrogens with zero attached hydrogens (tertiary/aromatic N) is 2. The molecule has 6 nitrogen and oxygen atoms in total. The molecule has 2 atom stereocenters. The van der Waals surface area contributed by atoms with Gasteiger partial charge < -0.3 is 10.2 Å². The van der Waals surface area contributed by atoms with Gasteiger partial charge in [-0.05, 0) is 44.3 Å². The van der Waals surface area contributed by atoms with E-state index in [9.17, 15) is 13.2 Å². The summed E-state index contributed by atoms with van der Waals surface area (Å²) >= 11 is 0. The number of piperidine rings is 1. The summed E-state index contributed by atoms with van der Waals surface area (Å²) in [7, 11) is -1.46. The van der Waals surface area contributed by atoms with E-state index in [2.05, 4.69) is 5.32 Å². The maximum Gasteiger partial charge on any atom is 0.227 e. The third kappa shape index (κ3) is 5.67. The second-order valence-electron chi connectivity index (χ2n) is 7.44. The van der Waals surface area contributed by atoms with Crippen LogP contribution in [0.2, 0.25) is 0 Å². The van der Waals surface area contributed by atoms with Gasteiger partial charge in [-0.3, -0.25) is 4.79 Å². The summed E-state index contributed by atoms with van der Waals surface area (Å²) in [4.78, 5) is 14.8. The topological polar surface area (TPSA) is 69.7 Å². The largest absolute Gasteiger partial charge is 0.342 e. The van der Waals surface area contributed by atoms with Gasteiger partial charge in [0.2, 0.25) is 15.9 Å². The quantitative estimate of drug-likeness (QED) is 0.768. The first-order chi connectivity index (χ1) is 12.5. The Morgan fingerprint density at radius 1 is 1.15 bits per heavy atom. The minimum atomic E-state index is -3.39. The third-order valence-corrected chi connectivity index (χ3v) is 7.23. The van der Waals surface area contributed by atoms with E-state index in [0.717, 1.165) is 44.5 Å². The summed E-state index contributed by atoms with van der Waals surface area (Å²) < 4.78 is 27.1. The highest BCUT2D eigenvalue weighted by Crippen LogP contribution is 2.25. The highest BCUT2D eigenvalue weighted by Gasteiger charge is 2.36. The molecule has 1 aromatic rings. The molecule has 2 saturated heterocycles. The molecule has 0 radical (unpaired) electrons. The Kier molecular flexibility index (Phi) is 8.09. The summed E-state index contributed by atoms with van der Waals surface area (Å²) in [5.41, 5.74) is 0.787. The Labute approximate surface area is 168 Å². The Bertz CT molecular complexity index is 714. The fourth-order valence-electron chi connectivity index (χ4n) is 4.02. The zero-order valence-corrected chi connectivity index (χ0v) is 17.5. The number of sulfonamides is 1. The van der Waals surface area contributed by atoms with E-state index in [-0.39, 0.29) is 30.0 Å². The summed E-state index contributed by atoms with van der Waals surface area (Å²) in [6.07, 6.45) is 2.55. The molecule has 0 saturated carbocycles. The van der Waals surface area contributed by atoms with Crippen molar-refractivity contribution in [1.29, 1.82) is 0 Å². The number of halogens is 1. The van der Waals surface area contributed by atoms with E-state index >= 15 is 0 Å². The van der Waals surface area contributed by atoms with Crippen molar-refractivity contribution < 1.29 is 13.2 Å². The third-order valence-electron chi connectivity index (χ3n) is 5.41. The van der Waals surface area contributed by atoms with Crippen LogP contribution >= 0.6 is 12.4 Å². The van der Waals surface area contributed by atoms with Gasteiger partial charge >= 0.3 is 0 Å². The number of carbonyl (C=O) groups is 1. The van der Waals surface area contributed by atoms with Gasteiger partial charge in [0.05, 0.1) is 11.7 Å². The molecule has 2 fully saturated rings. The van der Waals surface area contributed by atoms with Gasteiger partial charge in [0.25, 0.3) is 0 Å². The lowest BCUT2D eigenvalue weighted by Gasteiger charge is -2.33. The van der Waals surface area contributed by atoms with Crippen molar-refractivity contribution in [2.75, 3.05) is 39.8 Å². The fourth-order valence-corrected chi connectivity index (χ4v) is 5.63. The average Bonchev–Trinajstić information content (AvgIpc) is 3.11. The molecule has 8 heteroatoms. The van der Waals surface area contributed by atoms with E-state index in [4.69, 9.17) is 0 Å². The lowest BCUT2D eigenvalue weighted by molar-refractivity contribution is -0.135. The fraction of sp³-hybridized carbons (Fsp3) is 0.632. The van der Waals surface area contributed by atoms with Gasteiger partial charge in [0, 0.05) is 26.2 Å². The summed E-state index contributed by atoms with van der Waals surface area (Å²) in [6.45, 7) is 3.33. The molecule has 0 aromatic heterocycles. The van der Waals surface area contributed by atoms with Crippen molar-refractivity contribution >= 4 is 28.3 Å². The Hall–Kier alpha value is -1.15. The van der Waals surface area contributed by atoms with Crippen LogP contribution in [0.15, 0.2) is 30.3 Å². The van der Waals surface area contributed by atoms with Crippen molar-refractivity contribution in [1.82, 2.24) is 14.5 Å². The smallest absolute Gasteiger partial charge is 0.227 e. The van der Waals surface area contributed by atoms with Gasteiger partial charge in [-0.15, -0.1) is 12.4 Å². The molecule has 0 bridgehead atoms. The number of rotatable bonds is 6. The van der Waals surface area contributed by atoms with Gasteiger partial charge in [0.15, 0.2) is 0 Å². The van der Waals surface area contributed by atoms with Crippen LogP contribution in [0.4, 0.5) is 0 Å². The minimum Gasteiger partial charge on any atom is -0.342 e. The van der Waals surface area contributed by atoms with Gasteiger partial charge in [-0.1, -0.05) is 30.3 Å². The van der Waals surface area contributed by atoms with Crippen LogP contribution in [0.3, 0.4) is 0 Å². The lowest BCUT2D eigenvalue weighted by atomic mass is 9.98. The summed E-state index contributed by atoms with van der Waals surface area (Å²) in [5.74, 6) is 0.430. The Morgan fingerprint density at radius 3 is 2.59 bits per heavy atom. The molecule has 1 N–H and O–H groups in total. The molecule has 152 valence electrons. The van der Waals surface area contributed by atoms with Crippen LogP contribution in [0.1, 0.15) is 24.8 Å². The highest BCUT2D eigenvalue weighted by atomic mass is 35.5. The van der Waals surface area contributed by atoms with Gasteiger partial charge in [-0.2, -0.15) is 0 Å². The number of carbonyl (C=O) groups excluding carboxylic acids is 1. The average molecular weight is 416 g/mol. The number of nitrogens with one attached hydrogen (secondary N) is 1. The zero-order valence-electron chi connectivity index (χ0n) is 15.8. The normalized spacial score (nSPS) is 23.8. The molecule has 3 rings (SSSR count). The van der Waals surface area contributed by atoms with E-state index in [0.29, 0.717) is 19.0 Å². The van der Waals surface area contributed by atoms with Crippen molar-refractivity contribution in [3.8, 4) is 0 Å². The van der Waals surface area contributed by atoms with Crippen LogP contribution in [-0.2, 0) is 20.6 Å². The Balaban J connectivity index is 0.00000261. The standard InChI is InChI=1S/C19H29N3O3S.ClH/c1-20-12-17-9-11-21(13-17)19(23)18-8-5-10-22(14-18)26(24,25)15-16-6-3-2-4-7-16;/h2-4,6-7,17-18,20H,5,8-15H2,1H3;1H. The van der Waals surface area contributed by atoms with Crippen LogP contribution in [-0.4, -0.2) is 63.3 Å². The molecule has 2 heterocycles. The second-order valence-corrected chi connectivity index (χ2v) is 9.40. The molecular formula is C19H30ClN3O3S. The number of hydrogen-bond donors (Lipinski definition) is 1. The molecule has 1 aromatic carbocycles. The lowest BCUT2D eigenvalue weighted by Crippen LogP contribution is -2.46. The van der Waals surface area contributed by atoms with E-state index in [1.54, 1.807) is 0 Å². The maximum absolute atomic E-state index is 12.9. The number of likely N-dealkylation sites (tertiary alicyclic amines) is 1. The maximum atomic E-state index is 12.9. The van der Waals surface area contributed by atoms with Gasteiger partial charge in [0.1, 0.15) is 0 Å². The first kappa shape index (κ1) is 22.1. The van der Waals surface area contributed by atoms with Crippen molar-refractivity contribution in [2.24, 2.45) is 11.8 Å². The first-order valence-corrected chi connectivity index (χ1v) is 11.1. The molecule has 2 unspecified atom stereocenters. The van der Waals surface area contributed by atoms with Crippen LogP contribution in [0, 0.1) is 11.8 Å². The number of hydrogen-bond acceptors (Lipinski definition) is 4. The Morgan fingerprint density at radius 2 is 1.89 bits per heavy atom. The van der Waals surface area contributed by atoms with Crippen LogP contribution in [0.5, 0.6) is 0 Å². The molecule has 2 aliphatic rings. The number of amides is 1. The summed E-state index contributed by atoms with van der Waals surface area (Å²) in [6, 6.07) is 9.24. The molecule has 0 aliphatic carbocycles. The highest BCUT2D eigenvalue weighted by molar-refractivity contribution is 7.88. The second kappa shape index (κ2) is 9.87. The molecule has 2 aliphatic heterocycles. The van der Waals surface area contributed by atoms with Gasteiger partial charge in [-0.25, -0.2) is 12.7 Å². The molecule has 1 amide bonds. The predicted octanol–water partition coefficient (Wildman–Crippen LogP) is 1.72. The summed E-state index contributed by atoms with van der Waals surface area (Å²) in [5, 5.41) is 3.17. The van der Waals surface area contributed by atoms with E-state index in [1.165, 1.54) is 4.31 Å². The molecule has 27 heavy (non-hydrogen) atoms. The van der Waals surface area contributed by atoms with Crippen molar-refractivity contribution in [3.63, 3.8) is 0 Å². The molecule has 0 spiro atoms. The zero-order chi connectivity index (χ0) is 18.6. The monoisotopic (exact) mass is 415 g/mol. The minimum absolute atomic E-state index is 0. The van der Waals surface area contributed by atoms with Crippen LogP contribution in [0.25, 0.3) is 0 Å².